The standard InChI is InChI=1S/C21H23F3N4O3/c1-27(9-10-31-21(22,23)24)20(30)14-7-8-15-16(11-14)28-17(19(29)26-15)12-25-18(28)13-5-3-2-4-6-13/h7-8,11-13H,2-6,9-10H2,1H3,(H,26,29). The lowest BCUT2D eigenvalue weighted by Crippen LogP contribution is -2.31. The molecule has 1 aliphatic rings. The maximum Gasteiger partial charge on any atom is 0.522 e. The Kier molecular flexibility index (Phi) is 5.74. The minimum Gasteiger partial charge on any atom is -0.339 e. The molecular weight excluding hydrogens is 413 g/mol. The third kappa shape index (κ3) is 4.43. The summed E-state index contributed by atoms with van der Waals surface area (Å²) in [6, 6.07) is 4.83. The number of carbonyl (C=O) groups is 1. The fourth-order valence-corrected chi connectivity index (χ4v) is 4.19. The zero-order chi connectivity index (χ0) is 22.2. The summed E-state index contributed by atoms with van der Waals surface area (Å²) in [6.07, 6.45) is 2.20. The quantitative estimate of drug-likeness (QED) is 0.659. The van der Waals surface area contributed by atoms with Crippen molar-refractivity contribution in [1.29, 1.82) is 0 Å². The zero-order valence-corrected chi connectivity index (χ0v) is 17.0. The largest absolute Gasteiger partial charge is 0.522 e. The van der Waals surface area contributed by atoms with Gasteiger partial charge < -0.3 is 9.88 Å². The van der Waals surface area contributed by atoms with Crippen molar-refractivity contribution in [2.24, 2.45) is 0 Å². The summed E-state index contributed by atoms with van der Waals surface area (Å²) in [5, 5.41) is 0. The molecule has 1 fully saturated rings. The number of nitrogens with zero attached hydrogens (tertiary/aromatic N) is 3. The van der Waals surface area contributed by atoms with Crippen molar-refractivity contribution >= 4 is 22.5 Å². The Bertz CT molecular complexity index is 1160. The normalized spacial score (nSPS) is 15.6. The molecule has 1 amide bonds. The molecule has 1 aliphatic carbocycles. The van der Waals surface area contributed by atoms with E-state index in [1.54, 1.807) is 24.4 Å². The van der Waals surface area contributed by atoms with E-state index < -0.39 is 18.9 Å². The Hall–Kier alpha value is -2.88. The van der Waals surface area contributed by atoms with E-state index in [2.05, 4.69) is 14.7 Å². The van der Waals surface area contributed by atoms with Crippen LogP contribution in [0.25, 0.3) is 16.6 Å². The number of hydrogen-bond acceptors (Lipinski definition) is 4. The predicted octanol–water partition coefficient (Wildman–Crippen LogP) is 3.83. The van der Waals surface area contributed by atoms with E-state index in [1.165, 1.54) is 18.4 Å². The van der Waals surface area contributed by atoms with Crippen LogP contribution in [0.3, 0.4) is 0 Å². The summed E-state index contributed by atoms with van der Waals surface area (Å²) in [6.45, 7) is -0.861. The van der Waals surface area contributed by atoms with Gasteiger partial charge in [-0.1, -0.05) is 19.3 Å². The molecule has 4 rings (SSSR count). The van der Waals surface area contributed by atoms with E-state index in [-0.39, 0.29) is 18.0 Å². The second-order valence-corrected chi connectivity index (χ2v) is 7.88. The number of alkyl halides is 3. The first-order chi connectivity index (χ1) is 14.7. The summed E-state index contributed by atoms with van der Waals surface area (Å²) in [5.74, 6) is 0.608. The van der Waals surface area contributed by atoms with Crippen LogP contribution in [0, 0.1) is 0 Å². The molecule has 31 heavy (non-hydrogen) atoms. The molecule has 1 saturated carbocycles. The maximum absolute atomic E-state index is 12.8. The van der Waals surface area contributed by atoms with Gasteiger partial charge in [0.1, 0.15) is 11.3 Å². The number of benzene rings is 1. The van der Waals surface area contributed by atoms with Gasteiger partial charge in [0, 0.05) is 25.1 Å². The van der Waals surface area contributed by atoms with E-state index in [1.807, 2.05) is 4.40 Å². The SMILES string of the molecule is CN(CCOC(F)(F)F)C(=O)c1ccc2[nH]c(=O)c3cnc(C4CCCCC4)n3c2c1. The molecule has 0 radical (unpaired) electrons. The first-order valence-corrected chi connectivity index (χ1v) is 10.2. The Morgan fingerprint density at radius 3 is 2.71 bits per heavy atom. The molecule has 2 heterocycles. The van der Waals surface area contributed by atoms with Crippen LogP contribution in [0.4, 0.5) is 13.2 Å². The van der Waals surface area contributed by atoms with Gasteiger partial charge in [-0.3, -0.25) is 18.7 Å². The van der Waals surface area contributed by atoms with Gasteiger partial charge in [-0.2, -0.15) is 0 Å². The van der Waals surface area contributed by atoms with Crippen molar-refractivity contribution in [2.45, 2.75) is 44.4 Å². The van der Waals surface area contributed by atoms with Crippen molar-refractivity contribution in [3.8, 4) is 0 Å². The molecule has 0 bridgehead atoms. The van der Waals surface area contributed by atoms with Crippen LogP contribution in [0.1, 0.15) is 54.2 Å². The van der Waals surface area contributed by atoms with Gasteiger partial charge in [-0.05, 0) is 31.0 Å². The zero-order valence-electron chi connectivity index (χ0n) is 17.0. The van der Waals surface area contributed by atoms with Crippen molar-refractivity contribution in [3.05, 3.63) is 46.1 Å². The Morgan fingerprint density at radius 2 is 2.00 bits per heavy atom. The molecule has 10 heteroatoms. The second-order valence-electron chi connectivity index (χ2n) is 7.88. The highest BCUT2D eigenvalue weighted by Crippen LogP contribution is 2.33. The predicted molar refractivity (Wildman–Crippen MR) is 108 cm³/mol. The number of carbonyl (C=O) groups excluding carboxylic acids is 1. The molecular formula is C21H23F3N4O3. The minimum atomic E-state index is -4.73. The lowest BCUT2D eigenvalue weighted by atomic mass is 9.88. The summed E-state index contributed by atoms with van der Waals surface area (Å²) in [7, 11) is 1.42. The van der Waals surface area contributed by atoms with Gasteiger partial charge >= 0.3 is 6.36 Å². The Morgan fingerprint density at radius 1 is 1.26 bits per heavy atom. The number of imidazole rings is 1. The number of hydrogen-bond donors (Lipinski definition) is 1. The summed E-state index contributed by atoms with van der Waals surface area (Å²) >= 11 is 0. The van der Waals surface area contributed by atoms with Gasteiger partial charge in [0.25, 0.3) is 11.5 Å². The van der Waals surface area contributed by atoms with Crippen LogP contribution >= 0.6 is 0 Å². The molecule has 1 aromatic carbocycles. The highest BCUT2D eigenvalue weighted by Gasteiger charge is 2.29. The number of ether oxygens (including phenoxy) is 1. The molecule has 2 aromatic heterocycles. The molecule has 0 spiro atoms. The van der Waals surface area contributed by atoms with Crippen LogP contribution < -0.4 is 5.56 Å². The number of likely N-dealkylation sites (N-methyl/N-ethyl adjacent to an activating group) is 1. The third-order valence-corrected chi connectivity index (χ3v) is 5.76. The van der Waals surface area contributed by atoms with E-state index in [0.29, 0.717) is 22.1 Å². The molecule has 166 valence electrons. The monoisotopic (exact) mass is 436 g/mol. The van der Waals surface area contributed by atoms with Crippen LogP contribution in [-0.2, 0) is 4.74 Å². The van der Waals surface area contributed by atoms with Crippen LogP contribution in [0.2, 0.25) is 0 Å². The molecule has 0 unspecified atom stereocenters. The molecule has 1 N–H and O–H groups in total. The van der Waals surface area contributed by atoms with Crippen molar-refractivity contribution in [3.63, 3.8) is 0 Å². The van der Waals surface area contributed by atoms with Gasteiger partial charge in [0.15, 0.2) is 0 Å². The smallest absolute Gasteiger partial charge is 0.339 e. The number of amides is 1. The van der Waals surface area contributed by atoms with Gasteiger partial charge in [0.05, 0.1) is 23.8 Å². The number of rotatable bonds is 5. The van der Waals surface area contributed by atoms with E-state index >= 15 is 0 Å². The Balaban J connectivity index is 1.69. The van der Waals surface area contributed by atoms with Crippen molar-refractivity contribution in [2.75, 3.05) is 20.2 Å². The first kappa shape index (κ1) is 21.4. The summed E-state index contributed by atoms with van der Waals surface area (Å²) in [4.78, 5) is 33.8. The Labute approximate surface area is 175 Å². The van der Waals surface area contributed by atoms with Crippen LogP contribution in [-0.4, -0.2) is 51.7 Å². The van der Waals surface area contributed by atoms with Crippen molar-refractivity contribution in [1.82, 2.24) is 19.3 Å². The number of fused-ring (bicyclic) bond motifs is 3. The average Bonchev–Trinajstić information content (AvgIpc) is 3.19. The van der Waals surface area contributed by atoms with E-state index in [4.69, 9.17) is 0 Å². The van der Waals surface area contributed by atoms with Gasteiger partial charge in [-0.15, -0.1) is 13.2 Å². The number of halogens is 3. The van der Waals surface area contributed by atoms with E-state index in [9.17, 15) is 22.8 Å². The van der Waals surface area contributed by atoms with Gasteiger partial charge in [-0.25, -0.2) is 4.98 Å². The summed E-state index contributed by atoms with van der Waals surface area (Å²) < 4.78 is 42.1. The molecule has 0 saturated heterocycles. The molecule has 7 nitrogen and oxygen atoms in total. The highest BCUT2D eigenvalue weighted by atomic mass is 19.4. The number of aromatic amines is 1. The second kappa shape index (κ2) is 8.33. The van der Waals surface area contributed by atoms with Crippen molar-refractivity contribution < 1.29 is 22.7 Å². The third-order valence-electron chi connectivity index (χ3n) is 5.76. The first-order valence-electron chi connectivity index (χ1n) is 10.2. The average molecular weight is 436 g/mol. The topological polar surface area (TPSA) is 79.7 Å². The number of aromatic nitrogens is 3. The maximum atomic E-state index is 12.8. The van der Waals surface area contributed by atoms with E-state index in [0.717, 1.165) is 31.5 Å². The molecule has 0 atom stereocenters. The molecule has 3 aromatic rings. The summed E-state index contributed by atoms with van der Waals surface area (Å²) in [5.41, 5.74) is 1.65. The fraction of sp³-hybridized carbons (Fsp3) is 0.476. The lowest BCUT2D eigenvalue weighted by Gasteiger charge is -2.21. The minimum absolute atomic E-state index is 0.212. The molecule has 0 aliphatic heterocycles. The number of nitrogens with one attached hydrogen (secondary N) is 1. The highest BCUT2D eigenvalue weighted by molar-refractivity contribution is 5.97. The van der Waals surface area contributed by atoms with Crippen LogP contribution in [0.15, 0.2) is 29.2 Å². The number of H-pyrrole nitrogens is 1. The van der Waals surface area contributed by atoms with Gasteiger partial charge in [0.2, 0.25) is 0 Å². The van der Waals surface area contributed by atoms with Crippen LogP contribution in [0.5, 0.6) is 0 Å². The lowest BCUT2D eigenvalue weighted by molar-refractivity contribution is -0.324. The fourth-order valence-electron chi connectivity index (χ4n) is 4.19.